The van der Waals surface area contributed by atoms with Crippen molar-refractivity contribution >= 4 is 20.7 Å². The molecule has 0 aliphatic heterocycles. The van der Waals surface area contributed by atoms with Crippen molar-refractivity contribution < 1.29 is 8.42 Å². The van der Waals surface area contributed by atoms with Crippen LogP contribution in [0.2, 0.25) is 0 Å². The molecule has 0 radical (unpaired) electrons. The normalized spacial score (nSPS) is 11.8. The number of nitriles is 1. The molecule has 3 aromatic rings. The van der Waals surface area contributed by atoms with Gasteiger partial charge in [0, 0.05) is 24.7 Å². The van der Waals surface area contributed by atoms with Crippen LogP contribution in [0.4, 0.5) is 0 Å². The molecule has 0 spiro atoms. The van der Waals surface area contributed by atoms with Crippen LogP contribution in [0.25, 0.3) is 10.9 Å². The highest BCUT2D eigenvalue weighted by Gasteiger charge is 2.23. The number of hydrogen-bond acceptors (Lipinski definition) is 4. The number of benzene rings is 2. The number of fused-ring (bicyclic) bond motifs is 1. The predicted molar refractivity (Wildman–Crippen MR) is 97.1 cm³/mol. The van der Waals surface area contributed by atoms with Gasteiger partial charge >= 0.3 is 0 Å². The number of nitrogens with zero attached hydrogens (tertiary/aromatic N) is 3. The van der Waals surface area contributed by atoms with Crippen molar-refractivity contribution in [2.45, 2.75) is 16.3 Å². The second kappa shape index (κ2) is 6.71. The molecule has 0 bridgehead atoms. The third-order valence-electron chi connectivity index (χ3n) is 4.11. The molecule has 1 heterocycles. The van der Waals surface area contributed by atoms with E-state index in [1.807, 2.05) is 23.6 Å². The summed E-state index contributed by atoms with van der Waals surface area (Å²) in [5.74, 6) is 0. The van der Waals surface area contributed by atoms with Gasteiger partial charge in [0.1, 0.15) is 0 Å². The minimum atomic E-state index is -3.62. The number of rotatable bonds is 5. The number of aromatic nitrogens is 1. The Bertz CT molecular complexity index is 1050. The highest BCUT2D eigenvalue weighted by Crippen LogP contribution is 2.30. The SMILES string of the molecule is CN(C)CCn1cc(S(=O)(=O)c2ccccc2)c2ccc(C#N)cc21. The van der Waals surface area contributed by atoms with Gasteiger partial charge < -0.3 is 9.47 Å². The van der Waals surface area contributed by atoms with Gasteiger partial charge in [-0.15, -0.1) is 0 Å². The first-order valence-electron chi connectivity index (χ1n) is 7.91. The van der Waals surface area contributed by atoms with Crippen LogP contribution in [0.15, 0.2) is 64.5 Å². The molecular formula is C19H19N3O2S. The lowest BCUT2D eigenvalue weighted by molar-refractivity contribution is 0.386. The molecule has 0 unspecified atom stereocenters. The number of sulfone groups is 1. The van der Waals surface area contributed by atoms with E-state index in [-0.39, 0.29) is 9.79 Å². The van der Waals surface area contributed by atoms with E-state index in [4.69, 9.17) is 5.26 Å². The van der Waals surface area contributed by atoms with Crippen LogP contribution in [-0.2, 0) is 16.4 Å². The maximum Gasteiger partial charge on any atom is 0.208 e. The summed E-state index contributed by atoms with van der Waals surface area (Å²) in [6.07, 6.45) is 1.68. The molecular weight excluding hydrogens is 334 g/mol. The van der Waals surface area contributed by atoms with E-state index in [1.54, 1.807) is 54.7 Å². The maximum absolute atomic E-state index is 13.1. The predicted octanol–water partition coefficient (Wildman–Crippen LogP) is 2.91. The summed E-state index contributed by atoms with van der Waals surface area (Å²) in [5.41, 5.74) is 1.27. The van der Waals surface area contributed by atoms with Gasteiger partial charge in [-0.2, -0.15) is 5.26 Å². The number of hydrogen-bond donors (Lipinski definition) is 0. The Morgan fingerprint density at radius 3 is 2.48 bits per heavy atom. The second-order valence-electron chi connectivity index (χ2n) is 6.15. The van der Waals surface area contributed by atoms with E-state index in [1.165, 1.54) is 0 Å². The zero-order valence-electron chi connectivity index (χ0n) is 14.2. The Kier molecular flexibility index (Phi) is 4.62. The van der Waals surface area contributed by atoms with E-state index in [9.17, 15) is 8.42 Å². The summed E-state index contributed by atoms with van der Waals surface area (Å²) in [7, 11) is 0.312. The third kappa shape index (κ3) is 3.29. The van der Waals surface area contributed by atoms with Crippen LogP contribution in [-0.4, -0.2) is 38.5 Å². The van der Waals surface area contributed by atoms with E-state index >= 15 is 0 Å². The fraction of sp³-hybridized carbons (Fsp3) is 0.211. The fourth-order valence-electron chi connectivity index (χ4n) is 2.76. The lowest BCUT2D eigenvalue weighted by atomic mass is 10.2. The highest BCUT2D eigenvalue weighted by atomic mass is 32.2. The topological polar surface area (TPSA) is 66.1 Å². The van der Waals surface area contributed by atoms with Crippen molar-refractivity contribution in [3.63, 3.8) is 0 Å². The summed E-state index contributed by atoms with van der Waals surface area (Å²) in [6, 6.07) is 15.7. The molecule has 2 aromatic carbocycles. The van der Waals surface area contributed by atoms with Crippen LogP contribution < -0.4 is 0 Å². The van der Waals surface area contributed by atoms with Gasteiger partial charge in [-0.25, -0.2) is 8.42 Å². The van der Waals surface area contributed by atoms with Crippen LogP contribution >= 0.6 is 0 Å². The van der Waals surface area contributed by atoms with Crippen molar-refractivity contribution in [3.05, 3.63) is 60.3 Å². The molecule has 0 N–H and O–H groups in total. The highest BCUT2D eigenvalue weighted by molar-refractivity contribution is 7.91. The van der Waals surface area contributed by atoms with Crippen molar-refractivity contribution in [2.75, 3.05) is 20.6 Å². The first-order chi connectivity index (χ1) is 11.9. The number of likely N-dealkylation sites (N-methyl/N-ethyl adjacent to an activating group) is 1. The van der Waals surface area contributed by atoms with E-state index in [2.05, 4.69) is 6.07 Å². The van der Waals surface area contributed by atoms with Crippen LogP contribution in [0, 0.1) is 11.3 Å². The standard InChI is InChI=1S/C19H19N3O2S/c1-21(2)10-11-22-14-19(17-9-8-15(13-20)12-18(17)22)25(23,24)16-6-4-3-5-7-16/h3-9,12,14H,10-11H2,1-2H3. The molecule has 1 aromatic heterocycles. The minimum absolute atomic E-state index is 0.269. The van der Waals surface area contributed by atoms with E-state index in [0.717, 1.165) is 12.1 Å². The van der Waals surface area contributed by atoms with Crippen molar-refractivity contribution in [1.82, 2.24) is 9.47 Å². The van der Waals surface area contributed by atoms with Crippen molar-refractivity contribution in [2.24, 2.45) is 0 Å². The molecule has 5 nitrogen and oxygen atoms in total. The summed E-state index contributed by atoms with van der Waals surface area (Å²) in [6.45, 7) is 1.41. The van der Waals surface area contributed by atoms with Crippen LogP contribution in [0.3, 0.4) is 0 Å². The molecule has 25 heavy (non-hydrogen) atoms. The zero-order valence-corrected chi connectivity index (χ0v) is 15.0. The molecule has 0 aliphatic rings. The van der Waals surface area contributed by atoms with E-state index in [0.29, 0.717) is 17.5 Å². The van der Waals surface area contributed by atoms with Crippen molar-refractivity contribution in [1.29, 1.82) is 5.26 Å². The summed E-state index contributed by atoms with van der Waals surface area (Å²) < 4.78 is 28.0. The molecule has 0 amide bonds. The Balaban J connectivity index is 2.21. The van der Waals surface area contributed by atoms with Gasteiger partial charge in [0.25, 0.3) is 0 Å². The quantitative estimate of drug-likeness (QED) is 0.707. The summed E-state index contributed by atoms with van der Waals surface area (Å²) in [4.78, 5) is 2.58. The molecule has 0 saturated carbocycles. The van der Waals surface area contributed by atoms with Gasteiger partial charge in [-0.3, -0.25) is 0 Å². The monoisotopic (exact) mass is 353 g/mol. The third-order valence-corrected chi connectivity index (χ3v) is 5.90. The Labute approximate surface area is 147 Å². The zero-order chi connectivity index (χ0) is 18.0. The van der Waals surface area contributed by atoms with Crippen molar-refractivity contribution in [3.8, 4) is 6.07 Å². The first-order valence-corrected chi connectivity index (χ1v) is 9.39. The van der Waals surface area contributed by atoms with Gasteiger partial charge in [-0.05, 0) is 38.4 Å². The molecule has 6 heteroatoms. The van der Waals surface area contributed by atoms with E-state index < -0.39 is 9.84 Å². The van der Waals surface area contributed by atoms with Gasteiger partial charge in [0.05, 0.1) is 26.9 Å². The Hall–Kier alpha value is -2.62. The summed E-state index contributed by atoms with van der Waals surface area (Å²) in [5, 5.41) is 9.81. The lowest BCUT2D eigenvalue weighted by Gasteiger charge is -2.11. The van der Waals surface area contributed by atoms with Gasteiger partial charge in [0.2, 0.25) is 9.84 Å². The molecule has 3 rings (SSSR count). The Morgan fingerprint density at radius 2 is 1.84 bits per heavy atom. The van der Waals surface area contributed by atoms with Crippen LogP contribution in [0.5, 0.6) is 0 Å². The van der Waals surface area contributed by atoms with Gasteiger partial charge in [-0.1, -0.05) is 24.3 Å². The molecule has 128 valence electrons. The molecule has 0 fully saturated rings. The average Bonchev–Trinajstić information content (AvgIpc) is 2.99. The average molecular weight is 353 g/mol. The summed E-state index contributed by atoms with van der Waals surface area (Å²) >= 11 is 0. The minimum Gasteiger partial charge on any atom is -0.345 e. The largest absolute Gasteiger partial charge is 0.345 e. The molecule has 0 aliphatic carbocycles. The Morgan fingerprint density at radius 1 is 1.12 bits per heavy atom. The fourth-order valence-corrected chi connectivity index (χ4v) is 4.26. The smallest absolute Gasteiger partial charge is 0.208 e. The second-order valence-corrected chi connectivity index (χ2v) is 8.07. The first kappa shape index (κ1) is 17.2. The molecule has 0 atom stereocenters. The van der Waals surface area contributed by atoms with Gasteiger partial charge in [0.15, 0.2) is 0 Å². The van der Waals surface area contributed by atoms with Crippen LogP contribution in [0.1, 0.15) is 5.56 Å². The molecule has 0 saturated heterocycles. The lowest BCUT2D eigenvalue weighted by Crippen LogP contribution is -2.18. The maximum atomic E-state index is 13.1.